The molecule has 0 fully saturated rings. The van der Waals surface area contributed by atoms with Gasteiger partial charge in [-0.3, -0.25) is 4.79 Å². The van der Waals surface area contributed by atoms with Crippen molar-refractivity contribution in [1.29, 1.82) is 0 Å². The molecule has 0 radical (unpaired) electrons. The van der Waals surface area contributed by atoms with Gasteiger partial charge in [0, 0.05) is 26.7 Å². The highest BCUT2D eigenvalue weighted by molar-refractivity contribution is 5.77. The molecule has 0 aromatic heterocycles. The second-order valence-electron chi connectivity index (χ2n) is 3.73. The van der Waals surface area contributed by atoms with Gasteiger partial charge < -0.3 is 15.0 Å². The monoisotopic (exact) mass is 216 g/mol. The third kappa shape index (κ3) is 6.47. The summed E-state index contributed by atoms with van der Waals surface area (Å²) in [5, 5.41) is 3.22. The van der Waals surface area contributed by atoms with Crippen molar-refractivity contribution >= 4 is 5.91 Å². The smallest absolute Gasteiger partial charge is 0.236 e. The summed E-state index contributed by atoms with van der Waals surface area (Å²) < 4.78 is 5.09. The van der Waals surface area contributed by atoms with Crippen LogP contribution < -0.4 is 5.32 Å². The molecular formula is C11H24N2O2. The molecule has 0 aliphatic carbocycles. The maximum absolute atomic E-state index is 11.5. The third-order valence-corrected chi connectivity index (χ3v) is 2.45. The average molecular weight is 216 g/mol. The van der Waals surface area contributed by atoms with E-state index in [0.717, 1.165) is 19.4 Å². The highest BCUT2D eigenvalue weighted by Gasteiger charge is 2.11. The number of carbonyl (C=O) groups excluding carboxylic acids is 1. The summed E-state index contributed by atoms with van der Waals surface area (Å²) >= 11 is 0. The fourth-order valence-electron chi connectivity index (χ4n) is 1.34. The standard InChI is InChI=1S/C11H24N2O2/c1-5-7-10(9-15-4)12-8-11(14)13(3)6-2/h10,12H,5-9H2,1-4H3. The van der Waals surface area contributed by atoms with Crippen molar-refractivity contribution in [3.8, 4) is 0 Å². The number of rotatable bonds is 8. The van der Waals surface area contributed by atoms with Crippen LogP contribution in [-0.4, -0.2) is 50.7 Å². The molecule has 0 saturated carbocycles. The predicted molar refractivity (Wildman–Crippen MR) is 61.9 cm³/mol. The number of likely N-dealkylation sites (N-methyl/N-ethyl adjacent to an activating group) is 1. The minimum Gasteiger partial charge on any atom is -0.383 e. The molecule has 90 valence electrons. The largest absolute Gasteiger partial charge is 0.383 e. The molecule has 0 heterocycles. The molecular weight excluding hydrogens is 192 g/mol. The van der Waals surface area contributed by atoms with Crippen LogP contribution in [0.1, 0.15) is 26.7 Å². The van der Waals surface area contributed by atoms with Crippen molar-refractivity contribution < 1.29 is 9.53 Å². The molecule has 4 heteroatoms. The number of carbonyl (C=O) groups is 1. The van der Waals surface area contributed by atoms with E-state index in [2.05, 4.69) is 12.2 Å². The molecule has 1 N–H and O–H groups in total. The van der Waals surface area contributed by atoms with Crippen molar-refractivity contribution in [3.05, 3.63) is 0 Å². The van der Waals surface area contributed by atoms with Crippen LogP contribution in [0.2, 0.25) is 0 Å². The molecule has 0 saturated heterocycles. The van der Waals surface area contributed by atoms with Crippen LogP contribution in [0.5, 0.6) is 0 Å². The van der Waals surface area contributed by atoms with E-state index in [4.69, 9.17) is 4.74 Å². The number of hydrogen-bond acceptors (Lipinski definition) is 3. The van der Waals surface area contributed by atoms with E-state index in [9.17, 15) is 4.79 Å². The maximum Gasteiger partial charge on any atom is 0.236 e. The first-order valence-corrected chi connectivity index (χ1v) is 5.61. The number of ether oxygens (including phenoxy) is 1. The molecule has 0 aromatic rings. The maximum atomic E-state index is 11.5. The Labute approximate surface area is 93.0 Å². The Morgan fingerprint density at radius 3 is 2.60 bits per heavy atom. The number of amides is 1. The number of hydrogen-bond donors (Lipinski definition) is 1. The summed E-state index contributed by atoms with van der Waals surface area (Å²) in [5.41, 5.74) is 0. The number of methoxy groups -OCH3 is 1. The summed E-state index contributed by atoms with van der Waals surface area (Å²) in [7, 11) is 3.50. The fourth-order valence-corrected chi connectivity index (χ4v) is 1.34. The second kappa shape index (κ2) is 8.68. The van der Waals surface area contributed by atoms with E-state index in [0.29, 0.717) is 13.2 Å². The molecule has 15 heavy (non-hydrogen) atoms. The Morgan fingerprint density at radius 1 is 1.47 bits per heavy atom. The third-order valence-electron chi connectivity index (χ3n) is 2.45. The molecule has 0 spiro atoms. The van der Waals surface area contributed by atoms with Crippen molar-refractivity contribution in [3.63, 3.8) is 0 Å². The van der Waals surface area contributed by atoms with Crippen LogP contribution in [0.25, 0.3) is 0 Å². The zero-order valence-corrected chi connectivity index (χ0v) is 10.4. The number of nitrogens with zero attached hydrogens (tertiary/aromatic N) is 1. The van der Waals surface area contributed by atoms with Gasteiger partial charge in [-0.2, -0.15) is 0 Å². The van der Waals surface area contributed by atoms with Gasteiger partial charge in [-0.05, 0) is 13.3 Å². The Balaban J connectivity index is 3.82. The van der Waals surface area contributed by atoms with Crippen LogP contribution in [0, 0.1) is 0 Å². The van der Waals surface area contributed by atoms with Gasteiger partial charge in [0.1, 0.15) is 0 Å². The summed E-state index contributed by atoms with van der Waals surface area (Å²) in [5.74, 6) is 0.134. The quantitative estimate of drug-likeness (QED) is 0.654. The highest BCUT2D eigenvalue weighted by Crippen LogP contribution is 1.97. The lowest BCUT2D eigenvalue weighted by atomic mass is 10.2. The van der Waals surface area contributed by atoms with E-state index in [1.807, 2.05) is 14.0 Å². The molecule has 0 aliphatic heterocycles. The molecule has 1 atom stereocenters. The lowest BCUT2D eigenvalue weighted by Crippen LogP contribution is -2.41. The van der Waals surface area contributed by atoms with Crippen molar-refractivity contribution in [2.24, 2.45) is 0 Å². The van der Waals surface area contributed by atoms with Gasteiger partial charge in [-0.25, -0.2) is 0 Å². The van der Waals surface area contributed by atoms with E-state index >= 15 is 0 Å². The molecule has 1 unspecified atom stereocenters. The molecule has 0 bridgehead atoms. The lowest BCUT2D eigenvalue weighted by Gasteiger charge is -2.19. The molecule has 0 rings (SSSR count). The van der Waals surface area contributed by atoms with E-state index in [-0.39, 0.29) is 11.9 Å². The van der Waals surface area contributed by atoms with Crippen LogP contribution >= 0.6 is 0 Å². The first kappa shape index (κ1) is 14.4. The van der Waals surface area contributed by atoms with E-state index in [1.165, 1.54) is 0 Å². The van der Waals surface area contributed by atoms with Gasteiger partial charge in [-0.1, -0.05) is 13.3 Å². The van der Waals surface area contributed by atoms with Crippen LogP contribution in [0.3, 0.4) is 0 Å². The van der Waals surface area contributed by atoms with Crippen LogP contribution in [-0.2, 0) is 9.53 Å². The molecule has 0 aliphatic rings. The minimum absolute atomic E-state index is 0.134. The van der Waals surface area contributed by atoms with E-state index < -0.39 is 0 Å². The van der Waals surface area contributed by atoms with Crippen LogP contribution in [0.4, 0.5) is 0 Å². The van der Waals surface area contributed by atoms with Gasteiger partial charge >= 0.3 is 0 Å². The highest BCUT2D eigenvalue weighted by atomic mass is 16.5. The van der Waals surface area contributed by atoms with Gasteiger partial charge in [0.2, 0.25) is 5.91 Å². The first-order chi connectivity index (χ1) is 7.15. The fraction of sp³-hybridized carbons (Fsp3) is 0.909. The van der Waals surface area contributed by atoms with Gasteiger partial charge in [0.05, 0.1) is 13.2 Å². The minimum atomic E-state index is 0.134. The summed E-state index contributed by atoms with van der Waals surface area (Å²) in [4.78, 5) is 13.2. The normalized spacial score (nSPS) is 12.5. The summed E-state index contributed by atoms with van der Waals surface area (Å²) in [6.45, 7) is 5.92. The first-order valence-electron chi connectivity index (χ1n) is 5.61. The molecule has 1 amide bonds. The van der Waals surface area contributed by atoms with Crippen molar-refractivity contribution in [1.82, 2.24) is 10.2 Å². The van der Waals surface area contributed by atoms with E-state index in [1.54, 1.807) is 12.0 Å². The SMILES string of the molecule is CCCC(COC)NCC(=O)N(C)CC. The Bertz CT molecular complexity index is 168. The average Bonchev–Trinajstić information content (AvgIpc) is 2.25. The van der Waals surface area contributed by atoms with Crippen LogP contribution in [0.15, 0.2) is 0 Å². The number of nitrogens with one attached hydrogen (secondary N) is 1. The van der Waals surface area contributed by atoms with Gasteiger partial charge in [-0.15, -0.1) is 0 Å². The van der Waals surface area contributed by atoms with Gasteiger partial charge in [0.25, 0.3) is 0 Å². The zero-order chi connectivity index (χ0) is 11.7. The summed E-state index contributed by atoms with van der Waals surface area (Å²) in [6, 6.07) is 0.286. The Hall–Kier alpha value is -0.610. The molecule has 4 nitrogen and oxygen atoms in total. The topological polar surface area (TPSA) is 41.6 Å². The Kier molecular flexibility index (Phi) is 8.33. The van der Waals surface area contributed by atoms with Crippen molar-refractivity contribution in [2.45, 2.75) is 32.7 Å². The molecule has 0 aromatic carbocycles. The zero-order valence-electron chi connectivity index (χ0n) is 10.4. The van der Waals surface area contributed by atoms with Gasteiger partial charge in [0.15, 0.2) is 0 Å². The predicted octanol–water partition coefficient (Wildman–Crippen LogP) is 0.869. The second-order valence-corrected chi connectivity index (χ2v) is 3.73. The summed E-state index contributed by atoms with van der Waals surface area (Å²) in [6.07, 6.45) is 2.13. The lowest BCUT2D eigenvalue weighted by molar-refractivity contribution is -0.128. The Morgan fingerprint density at radius 2 is 2.13 bits per heavy atom. The van der Waals surface area contributed by atoms with Crippen molar-refractivity contribution in [2.75, 3.05) is 33.9 Å².